The van der Waals surface area contributed by atoms with E-state index in [0.29, 0.717) is 5.92 Å². The second kappa shape index (κ2) is 10.2. The number of H-pyrrole nitrogens is 1. The number of aryl methyl sites for hydroxylation is 2. The second-order valence-corrected chi connectivity index (χ2v) is 12.7. The molecule has 7 heteroatoms. The van der Waals surface area contributed by atoms with Crippen LogP contribution in [-0.2, 0) is 17.7 Å². The van der Waals surface area contributed by atoms with E-state index in [1.807, 2.05) is 13.3 Å². The zero-order chi connectivity index (χ0) is 28.2. The summed E-state index contributed by atoms with van der Waals surface area (Å²) in [6.07, 6.45) is 4.01. The van der Waals surface area contributed by atoms with Crippen molar-refractivity contribution in [3.05, 3.63) is 64.5 Å². The van der Waals surface area contributed by atoms with Crippen molar-refractivity contribution in [2.75, 3.05) is 36.5 Å². The van der Waals surface area contributed by atoms with Crippen LogP contribution in [0.3, 0.4) is 0 Å². The van der Waals surface area contributed by atoms with Crippen molar-refractivity contribution < 1.29 is 4.74 Å². The standard InChI is InChI=1S/C33H42N6O/c1-20(2)23-10-8-21(3)28(16-23)38-14-12-26-25(18-38)32(39-15-13-29(40-7)33(5,6)19-39)36-31(35-26)30-22(4)9-11-27-24(30)17-34-37-27/h8-11,16-17,20,29H,12-15,18-19H2,1-7H3,(H,34,37)/t29-/m0/s1. The number of rotatable bonds is 5. The Labute approximate surface area is 238 Å². The molecule has 0 radical (unpaired) electrons. The van der Waals surface area contributed by atoms with Gasteiger partial charge < -0.3 is 14.5 Å². The fourth-order valence-corrected chi connectivity index (χ4v) is 6.68. The molecule has 1 saturated heterocycles. The van der Waals surface area contributed by atoms with E-state index in [4.69, 9.17) is 14.7 Å². The lowest BCUT2D eigenvalue weighted by atomic mass is 9.81. The summed E-state index contributed by atoms with van der Waals surface area (Å²) in [5.74, 6) is 2.37. The number of piperidine rings is 1. The number of methoxy groups -OCH3 is 1. The first-order chi connectivity index (χ1) is 19.2. The maximum atomic E-state index is 5.89. The molecule has 2 aromatic carbocycles. The van der Waals surface area contributed by atoms with Crippen LogP contribution in [-0.4, -0.2) is 53.0 Å². The summed E-state index contributed by atoms with van der Waals surface area (Å²) in [6, 6.07) is 11.1. The summed E-state index contributed by atoms with van der Waals surface area (Å²) < 4.78 is 5.89. The monoisotopic (exact) mass is 538 g/mol. The number of anilines is 2. The Morgan fingerprint density at radius 3 is 2.58 bits per heavy atom. The molecule has 2 aliphatic heterocycles. The molecular formula is C33H42N6O. The molecule has 4 heterocycles. The normalized spacial score (nSPS) is 18.9. The predicted octanol–water partition coefficient (Wildman–Crippen LogP) is 6.57. The molecule has 2 aliphatic rings. The van der Waals surface area contributed by atoms with Crippen LogP contribution < -0.4 is 9.80 Å². The maximum Gasteiger partial charge on any atom is 0.162 e. The van der Waals surface area contributed by atoms with Gasteiger partial charge in [0.15, 0.2) is 5.82 Å². The number of aromatic nitrogens is 4. The first kappa shape index (κ1) is 26.8. The summed E-state index contributed by atoms with van der Waals surface area (Å²) in [4.78, 5) is 15.7. The summed E-state index contributed by atoms with van der Waals surface area (Å²) >= 11 is 0. The molecule has 4 aromatic rings. The summed E-state index contributed by atoms with van der Waals surface area (Å²) in [5, 5.41) is 8.52. The quantitative estimate of drug-likeness (QED) is 0.310. The number of aromatic amines is 1. The highest BCUT2D eigenvalue weighted by atomic mass is 16.5. The molecule has 1 fully saturated rings. The van der Waals surface area contributed by atoms with Gasteiger partial charge in [-0.1, -0.05) is 45.9 Å². The zero-order valence-electron chi connectivity index (χ0n) is 25.0. The lowest BCUT2D eigenvalue weighted by molar-refractivity contribution is -0.00647. The Hall–Kier alpha value is -3.45. The molecule has 1 atom stereocenters. The molecule has 1 N–H and O–H groups in total. The minimum atomic E-state index is 0.0159. The van der Waals surface area contributed by atoms with Gasteiger partial charge >= 0.3 is 0 Å². The lowest BCUT2D eigenvalue weighted by Gasteiger charge is -2.45. The van der Waals surface area contributed by atoms with E-state index >= 15 is 0 Å². The van der Waals surface area contributed by atoms with Crippen molar-refractivity contribution in [3.63, 3.8) is 0 Å². The Balaban J connectivity index is 1.48. The van der Waals surface area contributed by atoms with Crippen molar-refractivity contribution >= 4 is 22.4 Å². The highest BCUT2D eigenvalue weighted by molar-refractivity contribution is 5.94. The van der Waals surface area contributed by atoms with E-state index in [1.54, 1.807) is 0 Å². The predicted molar refractivity (Wildman–Crippen MR) is 163 cm³/mol. The molecule has 7 nitrogen and oxygen atoms in total. The van der Waals surface area contributed by atoms with Gasteiger partial charge in [0.2, 0.25) is 0 Å². The third-order valence-electron chi connectivity index (χ3n) is 9.05. The van der Waals surface area contributed by atoms with Crippen LogP contribution in [0.25, 0.3) is 22.3 Å². The topological polar surface area (TPSA) is 70.2 Å². The van der Waals surface area contributed by atoms with Crippen LogP contribution in [0.5, 0.6) is 0 Å². The van der Waals surface area contributed by atoms with E-state index in [0.717, 1.165) is 72.7 Å². The average molecular weight is 539 g/mol. The summed E-state index contributed by atoms with van der Waals surface area (Å²) in [6.45, 7) is 17.1. The van der Waals surface area contributed by atoms with Crippen LogP contribution in [0.1, 0.15) is 68.0 Å². The van der Waals surface area contributed by atoms with Crippen molar-refractivity contribution in [2.24, 2.45) is 5.41 Å². The zero-order valence-corrected chi connectivity index (χ0v) is 25.0. The number of hydrogen-bond donors (Lipinski definition) is 1. The Morgan fingerprint density at radius 1 is 1.02 bits per heavy atom. The van der Waals surface area contributed by atoms with Gasteiger partial charge in [0.05, 0.1) is 23.5 Å². The van der Waals surface area contributed by atoms with E-state index < -0.39 is 0 Å². The average Bonchev–Trinajstić information content (AvgIpc) is 3.40. The molecule has 0 unspecified atom stereocenters. The number of fused-ring (bicyclic) bond motifs is 2. The van der Waals surface area contributed by atoms with Crippen molar-refractivity contribution in [1.29, 1.82) is 0 Å². The molecule has 0 spiro atoms. The number of hydrogen-bond acceptors (Lipinski definition) is 6. The maximum absolute atomic E-state index is 5.89. The molecule has 40 heavy (non-hydrogen) atoms. The molecule has 210 valence electrons. The number of benzene rings is 2. The largest absolute Gasteiger partial charge is 0.381 e. The van der Waals surface area contributed by atoms with Crippen molar-refractivity contribution in [2.45, 2.75) is 73.0 Å². The van der Waals surface area contributed by atoms with E-state index in [1.165, 1.54) is 28.1 Å². The third-order valence-corrected chi connectivity index (χ3v) is 9.05. The minimum Gasteiger partial charge on any atom is -0.381 e. The summed E-state index contributed by atoms with van der Waals surface area (Å²) in [5.41, 5.74) is 9.71. The number of ether oxygens (including phenoxy) is 1. The molecule has 2 aromatic heterocycles. The van der Waals surface area contributed by atoms with Crippen LogP contribution >= 0.6 is 0 Å². The van der Waals surface area contributed by atoms with Crippen molar-refractivity contribution in [3.8, 4) is 11.4 Å². The van der Waals surface area contributed by atoms with Gasteiger partial charge in [0.25, 0.3) is 0 Å². The minimum absolute atomic E-state index is 0.0159. The first-order valence-electron chi connectivity index (χ1n) is 14.6. The molecule has 0 amide bonds. The SMILES string of the molecule is CO[C@H]1CCN(c2nc(-c3c(C)ccc4[nH]ncc34)nc3c2CN(c2cc(C(C)C)ccc2C)CC3)CC1(C)C. The highest BCUT2D eigenvalue weighted by Crippen LogP contribution is 2.39. The Bertz CT molecular complexity index is 1550. The van der Waals surface area contributed by atoms with E-state index in [2.05, 4.69) is 91.9 Å². The van der Waals surface area contributed by atoms with Crippen LogP contribution in [0.2, 0.25) is 0 Å². The van der Waals surface area contributed by atoms with E-state index in [-0.39, 0.29) is 11.5 Å². The van der Waals surface area contributed by atoms with Gasteiger partial charge in [-0.05, 0) is 55.0 Å². The second-order valence-electron chi connectivity index (χ2n) is 12.7. The van der Waals surface area contributed by atoms with Gasteiger partial charge in [0, 0.05) is 67.3 Å². The smallest absolute Gasteiger partial charge is 0.162 e. The van der Waals surface area contributed by atoms with Gasteiger partial charge in [-0.3, -0.25) is 5.10 Å². The van der Waals surface area contributed by atoms with Gasteiger partial charge in [0.1, 0.15) is 5.82 Å². The Morgan fingerprint density at radius 2 is 1.82 bits per heavy atom. The van der Waals surface area contributed by atoms with Crippen LogP contribution in [0, 0.1) is 19.3 Å². The van der Waals surface area contributed by atoms with Gasteiger partial charge in [-0.15, -0.1) is 0 Å². The Kier molecular flexibility index (Phi) is 6.81. The van der Waals surface area contributed by atoms with Crippen LogP contribution in [0.4, 0.5) is 11.5 Å². The van der Waals surface area contributed by atoms with Crippen LogP contribution in [0.15, 0.2) is 36.5 Å². The van der Waals surface area contributed by atoms with Crippen molar-refractivity contribution in [1.82, 2.24) is 20.2 Å². The van der Waals surface area contributed by atoms with E-state index in [9.17, 15) is 0 Å². The molecule has 6 rings (SSSR count). The summed E-state index contributed by atoms with van der Waals surface area (Å²) in [7, 11) is 1.84. The fourth-order valence-electron chi connectivity index (χ4n) is 6.68. The molecule has 0 aliphatic carbocycles. The third kappa shape index (κ3) is 4.64. The fraction of sp³-hybridized carbons (Fsp3) is 0.485. The number of nitrogens with one attached hydrogen (secondary N) is 1. The highest BCUT2D eigenvalue weighted by Gasteiger charge is 2.38. The first-order valence-corrected chi connectivity index (χ1v) is 14.6. The molecular weight excluding hydrogens is 496 g/mol. The van der Waals surface area contributed by atoms with Gasteiger partial charge in [-0.25, -0.2) is 9.97 Å². The molecule has 0 bridgehead atoms. The number of nitrogens with zero attached hydrogens (tertiary/aromatic N) is 5. The lowest BCUT2D eigenvalue weighted by Crippen LogP contribution is -2.50. The van der Waals surface area contributed by atoms with Gasteiger partial charge in [-0.2, -0.15) is 5.10 Å². The molecule has 0 saturated carbocycles.